The van der Waals surface area contributed by atoms with Crippen molar-refractivity contribution >= 4 is 23.3 Å². The summed E-state index contributed by atoms with van der Waals surface area (Å²) in [6.45, 7) is 5.99. The number of hydrogen-bond acceptors (Lipinski definition) is 3. The second-order valence-electron chi connectivity index (χ2n) is 4.52. The number of carbonyl (C=O) groups excluding carboxylic acids is 1. The van der Waals surface area contributed by atoms with E-state index in [1.807, 2.05) is 24.3 Å². The Labute approximate surface area is 119 Å². The van der Waals surface area contributed by atoms with Gasteiger partial charge in [0.1, 0.15) is 0 Å². The van der Waals surface area contributed by atoms with E-state index >= 15 is 0 Å². The average molecular weight is 278 g/mol. The molecule has 5 nitrogen and oxygen atoms in total. The fraction of sp³-hybridized carbons (Fsp3) is 0.467. The normalized spacial score (nSPS) is 10.1. The number of anilines is 2. The van der Waals surface area contributed by atoms with Crippen molar-refractivity contribution in [3.8, 4) is 0 Å². The number of benzene rings is 1. The third kappa shape index (κ3) is 5.30. The van der Waals surface area contributed by atoms with Crippen LogP contribution in [0, 0.1) is 0 Å². The number of nitrogens with zero attached hydrogens (tertiary/aromatic N) is 1. The molecule has 0 radical (unpaired) electrons. The third-order valence-electron chi connectivity index (χ3n) is 3.05. The lowest BCUT2D eigenvalue weighted by Gasteiger charge is -2.21. The quantitative estimate of drug-likeness (QED) is 0.767. The Morgan fingerprint density at radius 1 is 1.20 bits per heavy atom. The Balaban J connectivity index is 2.57. The van der Waals surface area contributed by atoms with Gasteiger partial charge in [-0.2, -0.15) is 0 Å². The first kappa shape index (κ1) is 16.0. The SMILES string of the molecule is CCN(CC)c1cccc(NC(=O)CCCC(=O)O)c1. The molecule has 0 atom stereocenters. The first-order chi connectivity index (χ1) is 9.56. The lowest BCUT2D eigenvalue weighted by atomic mass is 10.2. The molecule has 0 bridgehead atoms. The molecule has 0 fully saturated rings. The largest absolute Gasteiger partial charge is 0.481 e. The van der Waals surface area contributed by atoms with Crippen LogP contribution in [0.2, 0.25) is 0 Å². The highest BCUT2D eigenvalue weighted by Gasteiger charge is 2.06. The maximum Gasteiger partial charge on any atom is 0.303 e. The molecule has 0 spiro atoms. The summed E-state index contributed by atoms with van der Waals surface area (Å²) in [6, 6.07) is 7.68. The zero-order valence-electron chi connectivity index (χ0n) is 12.1. The molecular weight excluding hydrogens is 256 g/mol. The Morgan fingerprint density at radius 3 is 2.50 bits per heavy atom. The first-order valence-electron chi connectivity index (χ1n) is 6.93. The van der Waals surface area contributed by atoms with Gasteiger partial charge in [0.25, 0.3) is 0 Å². The van der Waals surface area contributed by atoms with E-state index in [-0.39, 0.29) is 18.7 Å². The van der Waals surface area contributed by atoms with E-state index in [1.165, 1.54) is 0 Å². The van der Waals surface area contributed by atoms with E-state index in [0.29, 0.717) is 6.42 Å². The summed E-state index contributed by atoms with van der Waals surface area (Å²) in [4.78, 5) is 24.3. The second kappa shape index (κ2) is 8.19. The molecule has 2 N–H and O–H groups in total. The van der Waals surface area contributed by atoms with Crippen LogP contribution in [0.15, 0.2) is 24.3 Å². The van der Waals surface area contributed by atoms with Crippen LogP contribution in [0.5, 0.6) is 0 Å². The van der Waals surface area contributed by atoms with Crippen molar-refractivity contribution in [1.82, 2.24) is 0 Å². The lowest BCUT2D eigenvalue weighted by molar-refractivity contribution is -0.137. The molecule has 0 aliphatic heterocycles. The molecule has 0 aromatic heterocycles. The van der Waals surface area contributed by atoms with Crippen LogP contribution in [0.3, 0.4) is 0 Å². The molecule has 110 valence electrons. The van der Waals surface area contributed by atoms with Crippen molar-refractivity contribution in [3.63, 3.8) is 0 Å². The van der Waals surface area contributed by atoms with E-state index in [1.54, 1.807) is 0 Å². The molecule has 0 saturated heterocycles. The lowest BCUT2D eigenvalue weighted by Crippen LogP contribution is -2.22. The van der Waals surface area contributed by atoms with Gasteiger partial charge in [0, 0.05) is 37.3 Å². The smallest absolute Gasteiger partial charge is 0.303 e. The Hall–Kier alpha value is -2.04. The standard InChI is InChI=1S/C15H22N2O3/c1-3-17(4-2)13-8-5-7-12(11-13)16-14(18)9-6-10-15(19)20/h5,7-8,11H,3-4,6,9-10H2,1-2H3,(H,16,18)(H,19,20). The molecule has 0 heterocycles. The van der Waals surface area contributed by atoms with Gasteiger partial charge in [-0.1, -0.05) is 6.07 Å². The van der Waals surface area contributed by atoms with Crippen molar-refractivity contribution in [3.05, 3.63) is 24.3 Å². The summed E-state index contributed by atoms with van der Waals surface area (Å²) in [5.74, 6) is -1.02. The van der Waals surface area contributed by atoms with Crippen molar-refractivity contribution in [2.45, 2.75) is 33.1 Å². The summed E-state index contributed by atoms with van der Waals surface area (Å²) >= 11 is 0. The minimum Gasteiger partial charge on any atom is -0.481 e. The van der Waals surface area contributed by atoms with Gasteiger partial charge in [0.05, 0.1) is 0 Å². The summed E-state index contributed by atoms with van der Waals surface area (Å²) in [5, 5.41) is 11.3. The number of carboxylic acids is 1. The topological polar surface area (TPSA) is 69.6 Å². The number of carbonyl (C=O) groups is 2. The summed E-state index contributed by atoms with van der Waals surface area (Å²) in [5.41, 5.74) is 1.81. The molecule has 1 amide bonds. The molecule has 1 aromatic carbocycles. The zero-order valence-corrected chi connectivity index (χ0v) is 12.1. The van der Waals surface area contributed by atoms with Crippen molar-refractivity contribution in [2.75, 3.05) is 23.3 Å². The highest BCUT2D eigenvalue weighted by Crippen LogP contribution is 2.19. The fourth-order valence-corrected chi connectivity index (χ4v) is 1.99. The number of nitrogens with one attached hydrogen (secondary N) is 1. The highest BCUT2D eigenvalue weighted by molar-refractivity contribution is 5.91. The Kier molecular flexibility index (Phi) is 6.56. The van der Waals surface area contributed by atoms with Crippen LogP contribution in [0.1, 0.15) is 33.1 Å². The zero-order chi connectivity index (χ0) is 15.0. The molecule has 20 heavy (non-hydrogen) atoms. The monoisotopic (exact) mass is 278 g/mol. The number of amides is 1. The van der Waals surface area contributed by atoms with Crippen molar-refractivity contribution < 1.29 is 14.7 Å². The summed E-state index contributed by atoms with van der Waals surface area (Å²) in [7, 11) is 0. The van der Waals surface area contributed by atoms with Gasteiger partial charge >= 0.3 is 5.97 Å². The van der Waals surface area contributed by atoms with Crippen LogP contribution in [0.25, 0.3) is 0 Å². The Morgan fingerprint density at radius 2 is 1.90 bits per heavy atom. The second-order valence-corrected chi connectivity index (χ2v) is 4.52. The Bertz CT molecular complexity index is 456. The van der Waals surface area contributed by atoms with Gasteiger partial charge in [-0.15, -0.1) is 0 Å². The minimum atomic E-state index is -0.874. The molecule has 0 saturated carbocycles. The van der Waals surface area contributed by atoms with Crippen LogP contribution >= 0.6 is 0 Å². The average Bonchev–Trinajstić information content (AvgIpc) is 2.40. The molecule has 1 aromatic rings. The number of carboxylic acid groups (broad SMARTS) is 1. The molecule has 0 aliphatic rings. The number of rotatable bonds is 8. The van der Waals surface area contributed by atoms with Crippen LogP contribution in [0.4, 0.5) is 11.4 Å². The predicted molar refractivity (Wildman–Crippen MR) is 80.1 cm³/mol. The third-order valence-corrected chi connectivity index (χ3v) is 3.05. The van der Waals surface area contributed by atoms with E-state index < -0.39 is 5.97 Å². The number of aliphatic carboxylic acids is 1. The van der Waals surface area contributed by atoms with Gasteiger partial charge < -0.3 is 15.3 Å². The maximum absolute atomic E-state index is 11.7. The molecular formula is C15H22N2O3. The molecule has 0 unspecified atom stereocenters. The van der Waals surface area contributed by atoms with Gasteiger partial charge in [-0.3, -0.25) is 9.59 Å². The maximum atomic E-state index is 11.7. The van der Waals surface area contributed by atoms with Crippen molar-refractivity contribution in [2.24, 2.45) is 0 Å². The van der Waals surface area contributed by atoms with Crippen LogP contribution in [-0.4, -0.2) is 30.1 Å². The molecule has 1 rings (SSSR count). The highest BCUT2D eigenvalue weighted by atomic mass is 16.4. The van der Waals surface area contributed by atoms with E-state index in [9.17, 15) is 9.59 Å². The predicted octanol–water partition coefficient (Wildman–Crippen LogP) is 2.73. The van der Waals surface area contributed by atoms with E-state index in [4.69, 9.17) is 5.11 Å². The minimum absolute atomic E-state index is 0.0207. The molecule has 5 heteroatoms. The van der Waals surface area contributed by atoms with Gasteiger partial charge in [-0.05, 0) is 38.5 Å². The van der Waals surface area contributed by atoms with E-state index in [2.05, 4.69) is 24.1 Å². The van der Waals surface area contributed by atoms with Gasteiger partial charge in [0.2, 0.25) is 5.91 Å². The number of hydrogen-bond donors (Lipinski definition) is 2. The van der Waals surface area contributed by atoms with Crippen LogP contribution in [-0.2, 0) is 9.59 Å². The van der Waals surface area contributed by atoms with Crippen molar-refractivity contribution in [1.29, 1.82) is 0 Å². The van der Waals surface area contributed by atoms with Gasteiger partial charge in [-0.25, -0.2) is 0 Å². The summed E-state index contributed by atoms with van der Waals surface area (Å²) in [6.07, 6.45) is 0.603. The van der Waals surface area contributed by atoms with E-state index in [0.717, 1.165) is 24.5 Å². The van der Waals surface area contributed by atoms with Gasteiger partial charge in [0.15, 0.2) is 0 Å². The molecule has 0 aliphatic carbocycles. The summed E-state index contributed by atoms with van der Waals surface area (Å²) < 4.78 is 0. The van der Waals surface area contributed by atoms with Crippen LogP contribution < -0.4 is 10.2 Å². The first-order valence-corrected chi connectivity index (χ1v) is 6.93. The fourth-order valence-electron chi connectivity index (χ4n) is 1.99.